The summed E-state index contributed by atoms with van der Waals surface area (Å²) in [7, 11) is 0. The molecule has 0 aliphatic rings. The predicted molar refractivity (Wildman–Crippen MR) is 321 cm³/mol. The summed E-state index contributed by atoms with van der Waals surface area (Å²) in [4.78, 5) is 19.7. The fourth-order valence-electron chi connectivity index (χ4n) is 10.8. The van der Waals surface area contributed by atoms with Crippen LogP contribution < -0.4 is 0 Å². The molecule has 5 heterocycles. The average Bonchev–Trinajstić information content (AvgIpc) is 4.06. The minimum atomic E-state index is 0. The zero-order valence-corrected chi connectivity index (χ0v) is 45.4. The molecule has 0 saturated heterocycles. The average molecular weight is 1200 g/mol. The van der Waals surface area contributed by atoms with Gasteiger partial charge in [-0.3, -0.25) is 4.98 Å². The molecular weight excluding hydrogens is 1150 g/mol. The topological polar surface area (TPSA) is 64.7 Å². The molecule has 5 nitrogen and oxygen atoms in total. The largest absolute Gasteiger partial charge is 3.00 e. The van der Waals surface area contributed by atoms with E-state index in [1.165, 1.54) is 0 Å². The zero-order chi connectivity index (χ0) is 52.5. The van der Waals surface area contributed by atoms with Crippen molar-refractivity contribution in [1.82, 2.24) is 19.9 Å². The van der Waals surface area contributed by atoms with Crippen LogP contribution in [-0.4, -0.2) is 19.9 Å². The number of fused-ring (bicyclic) bond motifs is 3. The van der Waals surface area contributed by atoms with Gasteiger partial charge < -0.3 is 19.4 Å². The van der Waals surface area contributed by atoms with Crippen molar-refractivity contribution in [3.63, 3.8) is 0 Å². The molecular formula is C74H45IrN4O. The molecule has 0 radical (unpaired) electrons. The van der Waals surface area contributed by atoms with Crippen LogP contribution in [0.4, 0.5) is 0 Å². The van der Waals surface area contributed by atoms with Crippen molar-refractivity contribution in [1.29, 1.82) is 0 Å². The second-order valence-corrected chi connectivity index (χ2v) is 19.5. The van der Waals surface area contributed by atoms with Gasteiger partial charge in [-0.25, -0.2) is 0 Å². The Morgan fingerprint density at radius 3 is 1.32 bits per heavy atom. The second kappa shape index (κ2) is 21.8. The standard InChI is InChI=1S/C74H45N4O.Ir/c1-4-17-49(18-5-1)50-30-32-51(33-31-50)67-45-71(54-34-37-66-73(44-54)79-72-29-16-40-75-74(66)72)78-48-68(67)65-28-15-14-27-64(65)59-42-57(62-25-12-10-23-60(62)55-35-38-69(76-46-55)52-19-6-2-7-20-52)41-58(43-59)63-26-13-11-24-61(63)56-36-39-70(77-47-56)53-21-8-3-9-22-53;/h1-19,21,23-33,35-48H;/q-3;+3. The van der Waals surface area contributed by atoms with Gasteiger partial charge in [0.2, 0.25) is 0 Å². The molecule has 0 aliphatic carbocycles. The van der Waals surface area contributed by atoms with Crippen LogP contribution in [0.1, 0.15) is 0 Å². The summed E-state index contributed by atoms with van der Waals surface area (Å²) < 4.78 is 6.31. The van der Waals surface area contributed by atoms with Crippen molar-refractivity contribution in [2.75, 3.05) is 0 Å². The summed E-state index contributed by atoms with van der Waals surface area (Å²) in [5, 5.41) is 0.918. The van der Waals surface area contributed by atoms with Crippen LogP contribution in [-0.2, 0) is 20.1 Å². The summed E-state index contributed by atoms with van der Waals surface area (Å²) in [6, 6.07) is 96.9. The first-order valence-electron chi connectivity index (χ1n) is 26.3. The number of hydrogen-bond acceptors (Lipinski definition) is 5. The maximum absolute atomic E-state index is 6.31. The van der Waals surface area contributed by atoms with E-state index in [1.807, 2.05) is 91.4 Å². The van der Waals surface area contributed by atoms with Crippen LogP contribution >= 0.6 is 0 Å². The molecule has 5 aromatic heterocycles. The van der Waals surface area contributed by atoms with Gasteiger partial charge in [0, 0.05) is 30.4 Å². The number of hydrogen-bond donors (Lipinski definition) is 0. The fraction of sp³-hybridized carbons (Fsp3) is 0. The molecule has 376 valence electrons. The van der Waals surface area contributed by atoms with Gasteiger partial charge in [0.05, 0.1) is 11.1 Å². The van der Waals surface area contributed by atoms with Crippen molar-refractivity contribution in [3.8, 4) is 123 Å². The first kappa shape index (κ1) is 49.6. The fourth-order valence-corrected chi connectivity index (χ4v) is 10.8. The first-order valence-corrected chi connectivity index (χ1v) is 26.3. The molecule has 80 heavy (non-hydrogen) atoms. The first-order chi connectivity index (χ1) is 39.1. The van der Waals surface area contributed by atoms with Crippen LogP contribution in [0, 0.1) is 18.2 Å². The van der Waals surface area contributed by atoms with Crippen LogP contribution in [0.3, 0.4) is 0 Å². The zero-order valence-electron chi connectivity index (χ0n) is 43.0. The van der Waals surface area contributed by atoms with Crippen molar-refractivity contribution >= 4 is 22.1 Å². The van der Waals surface area contributed by atoms with Crippen molar-refractivity contribution < 1.29 is 24.5 Å². The van der Waals surface area contributed by atoms with Gasteiger partial charge in [-0.2, -0.15) is 0 Å². The molecule has 0 aliphatic heterocycles. The Kier molecular flexibility index (Phi) is 13.5. The van der Waals surface area contributed by atoms with Crippen LogP contribution in [0.5, 0.6) is 0 Å². The van der Waals surface area contributed by atoms with E-state index in [2.05, 4.69) is 199 Å². The van der Waals surface area contributed by atoms with Crippen molar-refractivity contribution in [2.45, 2.75) is 0 Å². The van der Waals surface area contributed by atoms with Crippen LogP contribution in [0.15, 0.2) is 278 Å². The summed E-state index contributed by atoms with van der Waals surface area (Å²) in [6.07, 6.45) is 7.76. The molecule has 0 N–H and O–H groups in total. The SMILES string of the molecule is [Ir+3].[c-]1ccccc1-c1ccc(-c2ccccc2-c2cc(-c3ccccc3-c3ccc(-c4[c-]cccc4)nc3)cc(-c3ccccc3-c3cnc(-c4[c-]cc5c(c4)oc4cccnc45)cc3-c3ccc(-c4ccccc4)cc3)c2)cn1. The van der Waals surface area contributed by atoms with Gasteiger partial charge in [0.15, 0.2) is 0 Å². The number of furan rings is 1. The molecule has 0 saturated carbocycles. The summed E-state index contributed by atoms with van der Waals surface area (Å²) in [5.74, 6) is 0. The summed E-state index contributed by atoms with van der Waals surface area (Å²) in [6.45, 7) is 0. The predicted octanol–water partition coefficient (Wildman–Crippen LogP) is 18.9. The second-order valence-electron chi connectivity index (χ2n) is 19.5. The van der Waals surface area contributed by atoms with E-state index >= 15 is 0 Å². The number of rotatable bonds is 11. The molecule has 0 amide bonds. The molecule has 0 bridgehead atoms. The van der Waals surface area contributed by atoms with Crippen LogP contribution in [0.25, 0.3) is 145 Å². The van der Waals surface area contributed by atoms with Gasteiger partial charge in [0.1, 0.15) is 5.58 Å². The minimum Gasteiger partial charge on any atom is -0.475 e. The Bertz CT molecular complexity index is 4360. The molecule has 0 unspecified atom stereocenters. The van der Waals surface area contributed by atoms with E-state index < -0.39 is 0 Å². The quantitative estimate of drug-likeness (QED) is 0.121. The summed E-state index contributed by atoms with van der Waals surface area (Å²) >= 11 is 0. The molecule has 14 rings (SSSR count). The van der Waals surface area contributed by atoms with E-state index in [9.17, 15) is 0 Å². The molecule has 0 spiro atoms. The number of pyridine rings is 4. The summed E-state index contributed by atoms with van der Waals surface area (Å²) in [5.41, 5.74) is 24.7. The van der Waals surface area contributed by atoms with Gasteiger partial charge in [-0.1, -0.05) is 164 Å². The number of aromatic nitrogens is 4. The monoisotopic (exact) mass is 1200 g/mol. The molecule has 9 aromatic carbocycles. The van der Waals surface area contributed by atoms with Crippen molar-refractivity contribution in [2.24, 2.45) is 0 Å². The van der Waals surface area contributed by atoms with Crippen LogP contribution in [0.2, 0.25) is 0 Å². The van der Waals surface area contributed by atoms with E-state index in [-0.39, 0.29) is 20.1 Å². The maximum Gasteiger partial charge on any atom is 3.00 e. The van der Waals surface area contributed by atoms with Gasteiger partial charge in [-0.05, 0) is 136 Å². The van der Waals surface area contributed by atoms with E-state index in [0.29, 0.717) is 0 Å². The van der Waals surface area contributed by atoms with Crippen molar-refractivity contribution in [3.05, 3.63) is 292 Å². The van der Waals surface area contributed by atoms with Gasteiger partial charge >= 0.3 is 20.1 Å². The van der Waals surface area contributed by atoms with E-state index in [1.54, 1.807) is 6.20 Å². The normalized spacial score (nSPS) is 11.2. The Hall–Kier alpha value is -9.97. The molecule has 6 heteroatoms. The Balaban J connectivity index is 0.00000605. The molecule has 0 atom stereocenters. The third-order valence-corrected chi connectivity index (χ3v) is 14.7. The number of nitrogens with zero attached hydrogens (tertiary/aromatic N) is 4. The molecule has 14 aromatic rings. The van der Waals surface area contributed by atoms with E-state index in [4.69, 9.17) is 19.4 Å². The smallest absolute Gasteiger partial charge is 0.475 e. The van der Waals surface area contributed by atoms with Gasteiger partial charge in [0.25, 0.3) is 0 Å². The third kappa shape index (κ3) is 9.64. The van der Waals surface area contributed by atoms with E-state index in [0.717, 1.165) is 145 Å². The third-order valence-electron chi connectivity index (χ3n) is 14.7. The maximum atomic E-state index is 6.31. The molecule has 0 fully saturated rings. The minimum absolute atomic E-state index is 0. The Morgan fingerprint density at radius 1 is 0.287 bits per heavy atom. The van der Waals surface area contributed by atoms with Gasteiger partial charge in [-0.15, -0.1) is 89.5 Å². The number of benzene rings is 9. The Morgan fingerprint density at radius 2 is 0.775 bits per heavy atom. The Labute approximate surface area is 478 Å².